The standard InChI is InChI=1S/C77H140O6/c1-4-7-10-13-16-19-22-25-28-30-32-34-36-37-38-39-41-42-44-46-49-52-55-58-61-64-67-70-76(79)82-73-74(72-81-75(78)69-66-63-60-57-54-51-48-27-24-21-18-15-12-9-6-3)83-77(80)71-68-65-62-59-56-53-50-47-45-43-40-35-33-31-29-26-23-20-17-14-11-8-5-2/h8,11,17,20,26,29,33,35,43,45,74H,4-7,9-10,12-16,18-19,21-25,27-28,30-32,34,36-42,44,46-73H2,1-3H3/b11-8-,20-17-,29-26-,35-33-,45-43-. The van der Waals surface area contributed by atoms with Gasteiger partial charge in [-0.05, 0) is 64.2 Å². The number of hydrogen-bond acceptors (Lipinski definition) is 6. The lowest BCUT2D eigenvalue weighted by Gasteiger charge is -2.18. The van der Waals surface area contributed by atoms with E-state index in [1.54, 1.807) is 0 Å². The zero-order valence-electron chi connectivity index (χ0n) is 55.7. The fourth-order valence-corrected chi connectivity index (χ4v) is 11.1. The van der Waals surface area contributed by atoms with E-state index in [2.05, 4.69) is 81.5 Å². The third-order valence-electron chi connectivity index (χ3n) is 16.5. The van der Waals surface area contributed by atoms with Gasteiger partial charge in [0.25, 0.3) is 0 Å². The van der Waals surface area contributed by atoms with Gasteiger partial charge in [-0.15, -0.1) is 0 Å². The summed E-state index contributed by atoms with van der Waals surface area (Å²) in [4.78, 5) is 38.5. The summed E-state index contributed by atoms with van der Waals surface area (Å²) in [7, 11) is 0. The summed E-state index contributed by atoms with van der Waals surface area (Å²) in [6.45, 7) is 6.59. The van der Waals surface area contributed by atoms with Crippen molar-refractivity contribution in [3.8, 4) is 0 Å². The number of esters is 3. The quantitative estimate of drug-likeness (QED) is 0.0261. The van der Waals surface area contributed by atoms with Crippen LogP contribution in [0.25, 0.3) is 0 Å². The van der Waals surface area contributed by atoms with Crippen LogP contribution in [-0.2, 0) is 28.6 Å². The predicted octanol–water partition coefficient (Wildman–Crippen LogP) is 25.5. The lowest BCUT2D eigenvalue weighted by molar-refractivity contribution is -0.167. The van der Waals surface area contributed by atoms with Crippen molar-refractivity contribution in [2.75, 3.05) is 13.2 Å². The number of carbonyl (C=O) groups is 3. The van der Waals surface area contributed by atoms with Crippen molar-refractivity contribution in [1.82, 2.24) is 0 Å². The number of allylic oxidation sites excluding steroid dienone is 10. The first-order chi connectivity index (χ1) is 41.0. The second-order valence-corrected chi connectivity index (χ2v) is 24.8. The van der Waals surface area contributed by atoms with E-state index in [0.717, 1.165) is 96.3 Å². The van der Waals surface area contributed by atoms with Gasteiger partial charge in [-0.3, -0.25) is 14.4 Å². The number of ether oxygens (including phenoxy) is 3. The molecule has 0 aliphatic heterocycles. The molecule has 0 fully saturated rings. The van der Waals surface area contributed by atoms with Gasteiger partial charge in [0.05, 0.1) is 0 Å². The molecule has 0 aromatic heterocycles. The average Bonchev–Trinajstić information content (AvgIpc) is 3.49. The molecular formula is C77H140O6. The molecule has 6 nitrogen and oxygen atoms in total. The third-order valence-corrected chi connectivity index (χ3v) is 16.5. The summed E-state index contributed by atoms with van der Waals surface area (Å²) >= 11 is 0. The van der Waals surface area contributed by atoms with Gasteiger partial charge in [0.15, 0.2) is 6.10 Å². The molecule has 484 valence electrons. The summed E-state index contributed by atoms with van der Waals surface area (Å²) < 4.78 is 17.0. The maximum atomic E-state index is 13.0. The van der Waals surface area contributed by atoms with Gasteiger partial charge in [-0.25, -0.2) is 0 Å². The third kappa shape index (κ3) is 69.8. The van der Waals surface area contributed by atoms with Crippen molar-refractivity contribution in [1.29, 1.82) is 0 Å². The summed E-state index contributed by atoms with van der Waals surface area (Å²) in [6, 6.07) is 0. The molecule has 0 aliphatic rings. The Kier molecular flexibility index (Phi) is 69.1. The SMILES string of the molecule is CC/C=C\C/C=C\C/C=C\C/C=C\C/C=C\CCCCCCCCCC(=O)OC(COC(=O)CCCCCCCCCCCCCCCCC)COC(=O)CCCCCCCCCCCCCCCCCCCCCCCCCCCCC. The Morgan fingerprint density at radius 1 is 0.253 bits per heavy atom. The van der Waals surface area contributed by atoms with Crippen LogP contribution in [0.3, 0.4) is 0 Å². The Hall–Kier alpha value is -2.89. The molecule has 0 bridgehead atoms. The zero-order chi connectivity index (χ0) is 59.9. The van der Waals surface area contributed by atoms with Crippen molar-refractivity contribution in [2.24, 2.45) is 0 Å². The lowest BCUT2D eigenvalue weighted by Crippen LogP contribution is -2.30. The second-order valence-electron chi connectivity index (χ2n) is 24.8. The number of carbonyl (C=O) groups excluding carboxylic acids is 3. The monoisotopic (exact) mass is 1160 g/mol. The van der Waals surface area contributed by atoms with Crippen LogP contribution in [0.4, 0.5) is 0 Å². The molecule has 0 aliphatic carbocycles. The molecule has 0 spiro atoms. The molecule has 83 heavy (non-hydrogen) atoms. The topological polar surface area (TPSA) is 78.9 Å². The Balaban J connectivity index is 4.27. The molecule has 0 radical (unpaired) electrons. The van der Waals surface area contributed by atoms with E-state index in [1.165, 1.54) is 257 Å². The van der Waals surface area contributed by atoms with Crippen molar-refractivity contribution < 1.29 is 28.6 Å². The largest absolute Gasteiger partial charge is 0.462 e. The first-order valence-electron chi connectivity index (χ1n) is 36.8. The molecular weight excluding hydrogens is 1020 g/mol. The Labute approximate surface area is 517 Å². The molecule has 0 aromatic rings. The molecule has 0 saturated heterocycles. The number of hydrogen-bond donors (Lipinski definition) is 0. The molecule has 0 N–H and O–H groups in total. The van der Waals surface area contributed by atoms with Gasteiger partial charge >= 0.3 is 17.9 Å². The van der Waals surface area contributed by atoms with Crippen LogP contribution in [0.2, 0.25) is 0 Å². The van der Waals surface area contributed by atoms with E-state index in [0.29, 0.717) is 19.3 Å². The van der Waals surface area contributed by atoms with Crippen LogP contribution in [-0.4, -0.2) is 37.2 Å². The molecule has 6 heteroatoms. The maximum Gasteiger partial charge on any atom is 0.306 e. The lowest BCUT2D eigenvalue weighted by atomic mass is 10.0. The maximum absolute atomic E-state index is 13.0. The number of unbranched alkanes of at least 4 members (excludes halogenated alkanes) is 47. The highest BCUT2D eigenvalue weighted by Crippen LogP contribution is 2.19. The van der Waals surface area contributed by atoms with E-state index in [4.69, 9.17) is 14.2 Å². The average molecular weight is 1160 g/mol. The highest BCUT2D eigenvalue weighted by Gasteiger charge is 2.19. The molecule has 0 saturated carbocycles. The molecule has 0 heterocycles. The number of rotatable bonds is 68. The zero-order valence-corrected chi connectivity index (χ0v) is 55.7. The van der Waals surface area contributed by atoms with Gasteiger partial charge in [-0.2, -0.15) is 0 Å². The van der Waals surface area contributed by atoms with Crippen molar-refractivity contribution in [2.45, 2.75) is 399 Å². The first-order valence-corrected chi connectivity index (χ1v) is 36.8. The molecule has 1 unspecified atom stereocenters. The van der Waals surface area contributed by atoms with Crippen LogP contribution in [0.1, 0.15) is 393 Å². The molecule has 0 amide bonds. The second kappa shape index (κ2) is 71.6. The van der Waals surface area contributed by atoms with E-state index in [9.17, 15) is 14.4 Å². The van der Waals surface area contributed by atoms with Gasteiger partial charge in [-0.1, -0.05) is 370 Å². The van der Waals surface area contributed by atoms with Gasteiger partial charge in [0, 0.05) is 19.3 Å². The van der Waals surface area contributed by atoms with E-state index < -0.39 is 6.10 Å². The van der Waals surface area contributed by atoms with Crippen LogP contribution < -0.4 is 0 Å². The highest BCUT2D eigenvalue weighted by molar-refractivity contribution is 5.71. The van der Waals surface area contributed by atoms with Crippen molar-refractivity contribution in [3.05, 3.63) is 60.8 Å². The minimum atomic E-state index is -0.779. The molecule has 0 rings (SSSR count). The smallest absolute Gasteiger partial charge is 0.306 e. The fraction of sp³-hybridized carbons (Fsp3) is 0.831. The highest BCUT2D eigenvalue weighted by atomic mass is 16.6. The summed E-state index contributed by atoms with van der Waals surface area (Å²) in [5.74, 6) is -0.856. The Morgan fingerprint density at radius 3 is 0.735 bits per heavy atom. The van der Waals surface area contributed by atoms with E-state index in [1.807, 2.05) is 0 Å². The van der Waals surface area contributed by atoms with E-state index in [-0.39, 0.29) is 31.1 Å². The van der Waals surface area contributed by atoms with Gasteiger partial charge < -0.3 is 14.2 Å². The van der Waals surface area contributed by atoms with Crippen molar-refractivity contribution in [3.63, 3.8) is 0 Å². The van der Waals surface area contributed by atoms with Gasteiger partial charge in [0.2, 0.25) is 0 Å². The van der Waals surface area contributed by atoms with Crippen molar-refractivity contribution >= 4 is 17.9 Å². The minimum Gasteiger partial charge on any atom is -0.462 e. The minimum absolute atomic E-state index is 0.0735. The molecule has 0 aromatic carbocycles. The summed E-state index contributed by atoms with van der Waals surface area (Å²) in [5, 5.41) is 0. The Bertz CT molecular complexity index is 1470. The van der Waals surface area contributed by atoms with Crippen LogP contribution >= 0.6 is 0 Å². The van der Waals surface area contributed by atoms with Crippen LogP contribution in [0.15, 0.2) is 60.8 Å². The summed E-state index contributed by atoms with van der Waals surface area (Å²) in [5.41, 5.74) is 0. The van der Waals surface area contributed by atoms with Crippen LogP contribution in [0, 0.1) is 0 Å². The van der Waals surface area contributed by atoms with E-state index >= 15 is 0 Å². The Morgan fingerprint density at radius 2 is 0.470 bits per heavy atom. The summed E-state index contributed by atoms with van der Waals surface area (Å²) in [6.07, 6.45) is 92.6. The fourth-order valence-electron chi connectivity index (χ4n) is 11.1. The molecule has 1 atom stereocenters. The van der Waals surface area contributed by atoms with Gasteiger partial charge in [0.1, 0.15) is 13.2 Å². The first kappa shape index (κ1) is 80.1. The normalized spacial score (nSPS) is 12.4. The predicted molar refractivity (Wildman–Crippen MR) is 362 cm³/mol. The van der Waals surface area contributed by atoms with Crippen LogP contribution in [0.5, 0.6) is 0 Å².